The lowest BCUT2D eigenvalue weighted by Gasteiger charge is -2.22. The van der Waals surface area contributed by atoms with Gasteiger partial charge in [-0.05, 0) is 45.9 Å². The van der Waals surface area contributed by atoms with Crippen LogP contribution in [0.15, 0.2) is 18.2 Å². The van der Waals surface area contributed by atoms with Crippen molar-refractivity contribution in [2.24, 2.45) is 0 Å². The van der Waals surface area contributed by atoms with Crippen LogP contribution < -0.4 is 10.1 Å². The highest BCUT2D eigenvalue weighted by molar-refractivity contribution is 5.55. The molecule has 21 heavy (non-hydrogen) atoms. The molecule has 0 aliphatic heterocycles. The van der Waals surface area contributed by atoms with Gasteiger partial charge in [0.15, 0.2) is 0 Å². The van der Waals surface area contributed by atoms with Gasteiger partial charge in [0.2, 0.25) is 0 Å². The van der Waals surface area contributed by atoms with Crippen LogP contribution in [0.2, 0.25) is 0 Å². The second-order valence-electron chi connectivity index (χ2n) is 5.61. The Bertz CT molecular complexity index is 550. The van der Waals surface area contributed by atoms with Crippen molar-refractivity contribution >= 4 is 5.69 Å². The van der Waals surface area contributed by atoms with Gasteiger partial charge in [0.1, 0.15) is 23.5 Å². The average molecular weight is 287 g/mol. The molecular formula is C16H21N3O2. The van der Waals surface area contributed by atoms with Crippen LogP contribution in [-0.2, 0) is 4.74 Å². The molecule has 5 nitrogen and oxygen atoms in total. The Labute approximate surface area is 126 Å². The monoisotopic (exact) mass is 287 g/mol. The number of ether oxygens (including phenoxy) is 2. The molecule has 1 unspecified atom stereocenters. The lowest BCUT2D eigenvalue weighted by Crippen LogP contribution is -2.23. The van der Waals surface area contributed by atoms with E-state index in [9.17, 15) is 5.26 Å². The predicted molar refractivity (Wildman–Crippen MR) is 81.1 cm³/mol. The van der Waals surface area contributed by atoms with Gasteiger partial charge in [-0.25, -0.2) is 0 Å². The highest BCUT2D eigenvalue weighted by Gasteiger charge is 2.14. The first kappa shape index (κ1) is 16.8. The van der Waals surface area contributed by atoms with Crippen LogP contribution >= 0.6 is 0 Å². The molecule has 1 aromatic rings. The van der Waals surface area contributed by atoms with E-state index in [-0.39, 0.29) is 5.60 Å². The lowest BCUT2D eigenvalue weighted by molar-refractivity contribution is 0.111. The van der Waals surface area contributed by atoms with E-state index >= 15 is 0 Å². The topological polar surface area (TPSA) is 78.1 Å². The fraction of sp³-hybridized carbons (Fsp3) is 0.500. The van der Waals surface area contributed by atoms with Crippen molar-refractivity contribution < 1.29 is 9.47 Å². The lowest BCUT2D eigenvalue weighted by atomic mass is 10.1. The van der Waals surface area contributed by atoms with E-state index in [2.05, 4.69) is 11.4 Å². The molecule has 0 spiro atoms. The van der Waals surface area contributed by atoms with E-state index in [1.54, 1.807) is 19.1 Å². The average Bonchev–Trinajstić information content (AvgIpc) is 2.43. The summed E-state index contributed by atoms with van der Waals surface area (Å²) in [6.45, 7) is 8.51. The van der Waals surface area contributed by atoms with Crippen molar-refractivity contribution in [1.29, 1.82) is 10.5 Å². The summed E-state index contributed by atoms with van der Waals surface area (Å²) in [6.07, 6.45) is -0.413. The highest BCUT2D eigenvalue weighted by Crippen LogP contribution is 2.25. The highest BCUT2D eigenvalue weighted by atomic mass is 16.5. The zero-order chi connectivity index (χ0) is 15.9. The van der Waals surface area contributed by atoms with Gasteiger partial charge in [0.05, 0.1) is 18.2 Å². The Kier molecular flexibility index (Phi) is 6.02. The third kappa shape index (κ3) is 6.16. The first-order chi connectivity index (χ1) is 9.85. The molecule has 1 N–H and O–H groups in total. The summed E-state index contributed by atoms with van der Waals surface area (Å²) in [4.78, 5) is 0. The minimum atomic E-state index is -0.413. The molecule has 0 fully saturated rings. The zero-order valence-electron chi connectivity index (χ0n) is 12.9. The maximum absolute atomic E-state index is 9.20. The van der Waals surface area contributed by atoms with Crippen LogP contribution in [0, 0.1) is 22.7 Å². The Balaban J connectivity index is 2.62. The van der Waals surface area contributed by atoms with Gasteiger partial charge in [-0.3, -0.25) is 0 Å². The Morgan fingerprint density at radius 1 is 1.29 bits per heavy atom. The molecule has 0 aliphatic carbocycles. The molecule has 112 valence electrons. The summed E-state index contributed by atoms with van der Waals surface area (Å²) in [7, 11) is 0. The quantitative estimate of drug-likeness (QED) is 0.813. The molecule has 0 saturated carbocycles. The number of nitrogens with zero attached hydrogens (tertiary/aromatic N) is 2. The van der Waals surface area contributed by atoms with Gasteiger partial charge in [-0.1, -0.05) is 0 Å². The van der Waals surface area contributed by atoms with Gasteiger partial charge in [-0.15, -0.1) is 0 Å². The van der Waals surface area contributed by atoms with Gasteiger partial charge in [0, 0.05) is 12.2 Å². The summed E-state index contributed by atoms with van der Waals surface area (Å²) < 4.78 is 11.0. The van der Waals surface area contributed by atoms with Crippen LogP contribution in [0.4, 0.5) is 5.69 Å². The van der Waals surface area contributed by atoms with Crippen molar-refractivity contribution in [3.8, 4) is 17.9 Å². The molecule has 1 atom stereocenters. The van der Waals surface area contributed by atoms with Crippen LogP contribution in [0.1, 0.15) is 33.3 Å². The normalized spacial score (nSPS) is 12.1. The fourth-order valence-corrected chi connectivity index (χ4v) is 1.61. The number of hydrogen-bond acceptors (Lipinski definition) is 5. The maximum atomic E-state index is 9.20. The van der Waals surface area contributed by atoms with Crippen LogP contribution in [0.5, 0.6) is 5.75 Å². The van der Waals surface area contributed by atoms with E-state index in [1.807, 2.05) is 32.9 Å². The molecule has 0 saturated heterocycles. The summed E-state index contributed by atoms with van der Waals surface area (Å²) in [6, 6.07) is 9.52. The van der Waals surface area contributed by atoms with Gasteiger partial charge in [0.25, 0.3) is 0 Å². The third-order valence-electron chi connectivity index (χ3n) is 2.50. The van der Waals surface area contributed by atoms with E-state index < -0.39 is 6.10 Å². The van der Waals surface area contributed by atoms with Crippen molar-refractivity contribution in [3.05, 3.63) is 23.8 Å². The van der Waals surface area contributed by atoms with E-state index in [0.717, 1.165) is 5.69 Å². The largest absolute Gasteiger partial charge is 0.487 e. The van der Waals surface area contributed by atoms with Crippen molar-refractivity contribution in [2.45, 2.75) is 39.4 Å². The first-order valence-corrected chi connectivity index (χ1v) is 6.84. The molecule has 0 aromatic heterocycles. The van der Waals surface area contributed by atoms with E-state index in [0.29, 0.717) is 24.5 Å². The van der Waals surface area contributed by atoms with Crippen molar-refractivity contribution in [1.82, 2.24) is 0 Å². The first-order valence-electron chi connectivity index (χ1n) is 6.84. The molecule has 0 aliphatic rings. The molecule has 0 amide bonds. The minimum Gasteiger partial charge on any atom is -0.487 e. The fourth-order valence-electron chi connectivity index (χ4n) is 1.61. The molecule has 0 heterocycles. The van der Waals surface area contributed by atoms with E-state index in [1.165, 1.54) is 0 Å². The number of nitrogens with one attached hydrogen (secondary N) is 1. The van der Waals surface area contributed by atoms with Crippen LogP contribution in [0.25, 0.3) is 0 Å². The number of rotatable bonds is 6. The predicted octanol–water partition coefficient (Wildman–Crippen LogP) is 3.08. The number of nitriles is 2. The molecular weight excluding hydrogens is 266 g/mol. The molecule has 1 rings (SSSR count). The van der Waals surface area contributed by atoms with Gasteiger partial charge in [-0.2, -0.15) is 10.5 Å². The Hall–Kier alpha value is -2.24. The molecule has 5 heteroatoms. The van der Waals surface area contributed by atoms with Crippen molar-refractivity contribution in [3.63, 3.8) is 0 Å². The smallest absolute Gasteiger partial charge is 0.141 e. The summed E-state index contributed by atoms with van der Waals surface area (Å²) in [5, 5.41) is 20.9. The summed E-state index contributed by atoms with van der Waals surface area (Å²) in [5.74, 6) is 0.574. The Morgan fingerprint density at radius 2 is 2.00 bits per heavy atom. The second-order valence-corrected chi connectivity index (χ2v) is 5.61. The summed E-state index contributed by atoms with van der Waals surface area (Å²) >= 11 is 0. The SMILES string of the molecule is CC(C#N)OCCNc1ccc(OC(C)(C)C)c(C#N)c1. The maximum Gasteiger partial charge on any atom is 0.141 e. The second kappa shape index (κ2) is 7.52. The molecule has 0 bridgehead atoms. The van der Waals surface area contributed by atoms with Crippen LogP contribution in [0.3, 0.4) is 0 Å². The number of hydrogen-bond donors (Lipinski definition) is 1. The molecule has 0 radical (unpaired) electrons. The standard InChI is InChI=1S/C16H21N3O2/c1-12(10-17)20-8-7-19-14-5-6-15(13(9-14)11-18)21-16(2,3)4/h5-6,9,12,19H,7-8H2,1-4H3. The Morgan fingerprint density at radius 3 is 2.57 bits per heavy atom. The number of benzene rings is 1. The molecule has 1 aromatic carbocycles. The third-order valence-corrected chi connectivity index (χ3v) is 2.50. The van der Waals surface area contributed by atoms with E-state index in [4.69, 9.17) is 14.7 Å². The summed E-state index contributed by atoms with van der Waals surface area (Å²) in [5.41, 5.74) is 0.962. The van der Waals surface area contributed by atoms with Gasteiger partial charge < -0.3 is 14.8 Å². The van der Waals surface area contributed by atoms with Crippen LogP contribution in [-0.4, -0.2) is 24.9 Å². The van der Waals surface area contributed by atoms with Gasteiger partial charge >= 0.3 is 0 Å². The number of anilines is 1. The zero-order valence-corrected chi connectivity index (χ0v) is 12.9. The van der Waals surface area contributed by atoms with Crippen molar-refractivity contribution in [2.75, 3.05) is 18.5 Å². The minimum absolute atomic E-state index is 0.345.